The van der Waals surface area contributed by atoms with Crippen LogP contribution in [0.1, 0.15) is 5.01 Å². The summed E-state index contributed by atoms with van der Waals surface area (Å²) in [7, 11) is 2.29. The molecular formula is C16H13F3N2O4S. The SMILES string of the molecule is COC(=O)/C=C(/Nc1cccc(-c2csc(C(F)(F)F)n2)c1)C(=O)OC. The molecule has 0 atom stereocenters. The molecule has 0 aliphatic rings. The van der Waals surface area contributed by atoms with Gasteiger partial charge in [0, 0.05) is 16.6 Å². The molecule has 0 saturated heterocycles. The lowest BCUT2D eigenvalue weighted by atomic mass is 10.1. The summed E-state index contributed by atoms with van der Waals surface area (Å²) in [6.07, 6.45) is -3.61. The Morgan fingerprint density at radius 1 is 1.23 bits per heavy atom. The molecule has 1 N–H and O–H groups in total. The fraction of sp³-hybridized carbons (Fsp3) is 0.188. The summed E-state index contributed by atoms with van der Waals surface area (Å²) < 4.78 is 47.1. The standard InChI is InChI=1S/C16H13F3N2O4S/c1-24-13(22)7-11(14(23)25-2)20-10-5-3-4-9(6-10)12-8-26-15(21-12)16(17,18)19/h3-8,20H,1-2H3/b11-7+. The Morgan fingerprint density at radius 2 is 1.96 bits per heavy atom. The van der Waals surface area contributed by atoms with E-state index >= 15 is 0 Å². The van der Waals surface area contributed by atoms with Crippen LogP contribution < -0.4 is 5.32 Å². The van der Waals surface area contributed by atoms with Crippen molar-refractivity contribution >= 4 is 29.0 Å². The van der Waals surface area contributed by atoms with E-state index in [9.17, 15) is 22.8 Å². The van der Waals surface area contributed by atoms with Crippen LogP contribution in [0.3, 0.4) is 0 Å². The average molecular weight is 386 g/mol. The molecule has 2 aromatic rings. The van der Waals surface area contributed by atoms with Gasteiger partial charge in [0.2, 0.25) is 0 Å². The highest BCUT2D eigenvalue weighted by Crippen LogP contribution is 2.34. The maximum atomic E-state index is 12.7. The van der Waals surface area contributed by atoms with Gasteiger partial charge in [-0.15, -0.1) is 11.3 Å². The van der Waals surface area contributed by atoms with Crippen molar-refractivity contribution in [2.75, 3.05) is 19.5 Å². The predicted octanol–water partition coefficient (Wildman–Crippen LogP) is 3.47. The minimum absolute atomic E-state index is 0.141. The molecule has 0 saturated carbocycles. The molecule has 2 rings (SSSR count). The van der Waals surface area contributed by atoms with Crippen molar-refractivity contribution < 1.29 is 32.2 Å². The first-order chi connectivity index (χ1) is 12.2. The van der Waals surface area contributed by atoms with Crippen LogP contribution >= 0.6 is 11.3 Å². The van der Waals surface area contributed by atoms with E-state index in [1.807, 2.05) is 0 Å². The number of nitrogens with one attached hydrogen (secondary N) is 1. The number of nitrogens with zero attached hydrogens (tertiary/aromatic N) is 1. The lowest BCUT2D eigenvalue weighted by molar-refractivity contribution is -0.138. The largest absolute Gasteiger partial charge is 0.466 e. The summed E-state index contributed by atoms with van der Waals surface area (Å²) in [6.45, 7) is 0. The van der Waals surface area contributed by atoms with Gasteiger partial charge in [-0.25, -0.2) is 14.6 Å². The Kier molecular flexibility index (Phi) is 5.98. The zero-order valence-corrected chi connectivity index (χ0v) is 14.4. The van der Waals surface area contributed by atoms with Gasteiger partial charge in [0.15, 0.2) is 5.01 Å². The van der Waals surface area contributed by atoms with Crippen LogP contribution in [0.4, 0.5) is 18.9 Å². The molecule has 6 nitrogen and oxygen atoms in total. The number of thiazole rings is 1. The zero-order valence-electron chi connectivity index (χ0n) is 13.6. The number of carbonyl (C=O) groups is 2. The van der Waals surface area contributed by atoms with E-state index in [-0.39, 0.29) is 11.4 Å². The van der Waals surface area contributed by atoms with Crippen LogP contribution in [0.25, 0.3) is 11.3 Å². The van der Waals surface area contributed by atoms with E-state index in [1.165, 1.54) is 11.4 Å². The second kappa shape index (κ2) is 8.00. The number of halogens is 3. The van der Waals surface area contributed by atoms with Gasteiger partial charge < -0.3 is 14.8 Å². The predicted molar refractivity (Wildman–Crippen MR) is 88.3 cm³/mol. The Labute approximate surface area is 150 Å². The fourth-order valence-corrected chi connectivity index (χ4v) is 2.58. The first kappa shape index (κ1) is 19.4. The summed E-state index contributed by atoms with van der Waals surface area (Å²) >= 11 is 0.488. The Morgan fingerprint density at radius 3 is 2.54 bits per heavy atom. The first-order valence-corrected chi connectivity index (χ1v) is 7.90. The van der Waals surface area contributed by atoms with E-state index in [0.717, 1.165) is 20.3 Å². The maximum absolute atomic E-state index is 12.7. The van der Waals surface area contributed by atoms with Gasteiger partial charge in [0.05, 0.1) is 26.0 Å². The van der Waals surface area contributed by atoms with Crippen molar-refractivity contribution in [3.05, 3.63) is 46.4 Å². The normalized spacial score (nSPS) is 11.8. The second-order valence-electron chi connectivity index (χ2n) is 4.81. The molecule has 0 aliphatic heterocycles. The van der Waals surface area contributed by atoms with Crippen molar-refractivity contribution in [3.8, 4) is 11.3 Å². The lowest BCUT2D eigenvalue weighted by Crippen LogP contribution is -2.15. The fourth-order valence-electron chi connectivity index (χ4n) is 1.88. The van der Waals surface area contributed by atoms with Gasteiger partial charge >= 0.3 is 18.1 Å². The van der Waals surface area contributed by atoms with Crippen molar-refractivity contribution in [2.45, 2.75) is 6.18 Å². The summed E-state index contributed by atoms with van der Waals surface area (Å²) in [4.78, 5) is 26.7. The van der Waals surface area contributed by atoms with Crippen LogP contribution in [0.5, 0.6) is 0 Å². The number of carbonyl (C=O) groups excluding carboxylic acids is 2. The lowest BCUT2D eigenvalue weighted by Gasteiger charge is -2.10. The number of benzene rings is 1. The monoisotopic (exact) mass is 386 g/mol. The van der Waals surface area contributed by atoms with Crippen molar-refractivity contribution in [1.82, 2.24) is 4.98 Å². The molecule has 0 spiro atoms. The summed E-state index contributed by atoms with van der Waals surface area (Å²) in [5.74, 6) is -1.59. The number of methoxy groups -OCH3 is 2. The van der Waals surface area contributed by atoms with Crippen molar-refractivity contribution in [2.24, 2.45) is 0 Å². The molecule has 26 heavy (non-hydrogen) atoms. The molecule has 0 bridgehead atoms. The quantitative estimate of drug-likeness (QED) is 0.626. The second-order valence-corrected chi connectivity index (χ2v) is 5.67. The van der Waals surface area contributed by atoms with Gasteiger partial charge in [-0.3, -0.25) is 0 Å². The Balaban J connectivity index is 2.30. The van der Waals surface area contributed by atoms with E-state index in [1.54, 1.807) is 18.2 Å². The highest BCUT2D eigenvalue weighted by molar-refractivity contribution is 7.10. The van der Waals surface area contributed by atoms with Gasteiger partial charge in [0.25, 0.3) is 0 Å². The van der Waals surface area contributed by atoms with Gasteiger partial charge in [0.1, 0.15) is 5.70 Å². The van der Waals surface area contributed by atoms with Crippen LogP contribution in [0.2, 0.25) is 0 Å². The molecule has 0 aliphatic carbocycles. The first-order valence-electron chi connectivity index (χ1n) is 7.02. The third-order valence-corrected chi connectivity index (χ3v) is 3.94. The minimum Gasteiger partial charge on any atom is -0.466 e. The van der Waals surface area contributed by atoms with Crippen LogP contribution in [0.15, 0.2) is 41.4 Å². The van der Waals surface area contributed by atoms with Crippen molar-refractivity contribution in [1.29, 1.82) is 0 Å². The van der Waals surface area contributed by atoms with E-state index in [4.69, 9.17) is 0 Å². The summed E-state index contributed by atoms with van der Waals surface area (Å²) in [6, 6.07) is 6.19. The molecule has 0 fully saturated rings. The molecule has 1 aromatic heterocycles. The van der Waals surface area contributed by atoms with Crippen LogP contribution in [-0.2, 0) is 25.2 Å². The topological polar surface area (TPSA) is 77.5 Å². The summed E-state index contributed by atoms with van der Waals surface area (Å²) in [5.41, 5.74) is 0.710. The third-order valence-electron chi connectivity index (χ3n) is 3.05. The maximum Gasteiger partial charge on any atom is 0.443 e. The number of anilines is 1. The van der Waals surface area contributed by atoms with Gasteiger partial charge in [-0.1, -0.05) is 12.1 Å². The molecule has 138 valence electrons. The number of aromatic nitrogens is 1. The molecule has 0 unspecified atom stereocenters. The number of alkyl halides is 3. The number of hydrogen-bond acceptors (Lipinski definition) is 7. The minimum atomic E-state index is -4.51. The number of hydrogen-bond donors (Lipinski definition) is 1. The van der Waals surface area contributed by atoms with E-state index in [2.05, 4.69) is 19.8 Å². The van der Waals surface area contributed by atoms with Crippen LogP contribution in [-0.4, -0.2) is 31.1 Å². The molecule has 0 radical (unpaired) electrons. The summed E-state index contributed by atoms with van der Waals surface area (Å²) in [5, 5.41) is 3.01. The van der Waals surface area contributed by atoms with Gasteiger partial charge in [-0.2, -0.15) is 13.2 Å². The van der Waals surface area contributed by atoms with Crippen molar-refractivity contribution in [3.63, 3.8) is 0 Å². The van der Waals surface area contributed by atoms with Crippen LogP contribution in [0, 0.1) is 0 Å². The smallest absolute Gasteiger partial charge is 0.443 e. The molecule has 1 aromatic carbocycles. The molecule has 10 heteroatoms. The highest BCUT2D eigenvalue weighted by atomic mass is 32.1. The molecular weight excluding hydrogens is 373 g/mol. The number of rotatable bonds is 5. The number of esters is 2. The highest BCUT2D eigenvalue weighted by Gasteiger charge is 2.34. The third kappa shape index (κ3) is 4.82. The molecule has 1 heterocycles. The van der Waals surface area contributed by atoms with Gasteiger partial charge in [-0.05, 0) is 12.1 Å². The molecule has 0 amide bonds. The Bertz CT molecular complexity index is 846. The Hall–Kier alpha value is -2.88. The number of ether oxygens (including phenoxy) is 2. The average Bonchev–Trinajstić information content (AvgIpc) is 3.11. The van der Waals surface area contributed by atoms with E-state index < -0.39 is 23.1 Å². The van der Waals surface area contributed by atoms with E-state index in [0.29, 0.717) is 22.6 Å². The zero-order chi connectivity index (χ0) is 19.3.